The number of carbonyl (C=O) groups excluding carboxylic acids is 1. The van der Waals surface area contributed by atoms with Gasteiger partial charge in [-0.05, 0) is 46.2 Å². The third kappa shape index (κ3) is 7.40. The summed E-state index contributed by atoms with van der Waals surface area (Å²) >= 11 is 6.70. The topological polar surface area (TPSA) is 43.4 Å². The lowest BCUT2D eigenvalue weighted by Gasteiger charge is -2.34. The number of alkyl halides is 1. The summed E-state index contributed by atoms with van der Waals surface area (Å²) in [5, 5.41) is 0. The second kappa shape index (κ2) is 9.89. The Morgan fingerprint density at radius 3 is 2.23 bits per heavy atom. The van der Waals surface area contributed by atoms with Gasteiger partial charge in [0.25, 0.3) is 0 Å². The maximum atomic E-state index is 13.0. The first-order valence-electron chi connectivity index (χ1n) is 9.31. The molecule has 0 aromatic heterocycles. The minimum absolute atomic E-state index is 0.166. The van der Waals surface area contributed by atoms with Crippen molar-refractivity contribution in [3.8, 4) is 0 Å². The van der Waals surface area contributed by atoms with Crippen LogP contribution in [0.25, 0.3) is 0 Å². The molecule has 3 atom stereocenters. The molecule has 0 N–H and O–H groups in total. The Bertz CT molecular complexity index is 607. The van der Waals surface area contributed by atoms with E-state index in [2.05, 4.69) is 6.92 Å². The van der Waals surface area contributed by atoms with E-state index in [0.717, 1.165) is 31.2 Å². The molecule has 0 bridgehead atoms. The van der Waals surface area contributed by atoms with E-state index >= 15 is 0 Å². The van der Waals surface area contributed by atoms with E-state index < -0.39 is 26.5 Å². The van der Waals surface area contributed by atoms with Gasteiger partial charge in [-0.1, -0.05) is 50.8 Å². The monoisotopic (exact) mass is 400 g/mol. The van der Waals surface area contributed by atoms with Crippen LogP contribution in [-0.4, -0.2) is 20.5 Å². The molecule has 0 spiro atoms. The molecule has 1 aromatic rings. The van der Waals surface area contributed by atoms with Crippen molar-refractivity contribution in [3.63, 3.8) is 0 Å². The summed E-state index contributed by atoms with van der Waals surface area (Å²) in [5.74, 6) is -0.289. The fourth-order valence-corrected chi connectivity index (χ4v) is 4.67. The van der Waals surface area contributed by atoms with Crippen LogP contribution in [-0.2, 0) is 20.3 Å². The lowest BCUT2D eigenvalue weighted by molar-refractivity contribution is -0.157. The van der Waals surface area contributed by atoms with Crippen LogP contribution < -0.4 is 0 Å². The number of carbonyl (C=O) groups is 1. The van der Waals surface area contributed by atoms with Gasteiger partial charge in [-0.25, -0.2) is 0 Å². The number of esters is 1. The Balaban J connectivity index is 2.99. The Kier molecular flexibility index (Phi) is 8.81. The molecule has 0 aliphatic rings. The summed E-state index contributed by atoms with van der Waals surface area (Å²) in [4.78, 5) is 13.1. The van der Waals surface area contributed by atoms with E-state index in [-0.39, 0.29) is 12.4 Å². The third-order valence-corrected chi connectivity index (χ3v) is 7.00. The zero-order valence-corrected chi connectivity index (χ0v) is 18.5. The van der Waals surface area contributed by atoms with Gasteiger partial charge in [0.15, 0.2) is 0 Å². The first-order chi connectivity index (χ1) is 12.0. The molecular weight excluding hydrogens is 368 g/mol. The number of hydrogen-bond acceptors (Lipinski definition) is 3. The predicted octanol–water partition coefficient (Wildman–Crippen LogP) is 5.99. The van der Waals surface area contributed by atoms with E-state index in [0.29, 0.717) is 4.90 Å². The van der Waals surface area contributed by atoms with Gasteiger partial charge in [0.05, 0.1) is 17.2 Å². The number of benzene rings is 1. The number of halogens is 1. The molecule has 0 aliphatic heterocycles. The standard InChI is InChI=1S/C21H33ClO3S/c1-7-8-9-14-21(6,15-18(23)25-20(3,4)5)19(22)26(24)17-12-10-16(2)11-13-17/h10-13,19H,7-9,14-15H2,1-6H3. The summed E-state index contributed by atoms with van der Waals surface area (Å²) < 4.78 is 17.9. The lowest BCUT2D eigenvalue weighted by Crippen LogP contribution is -2.36. The Hall–Kier alpha value is -0.870. The van der Waals surface area contributed by atoms with Crippen LogP contribution in [0, 0.1) is 12.3 Å². The van der Waals surface area contributed by atoms with Gasteiger partial charge in [-0.3, -0.25) is 9.00 Å². The fraction of sp³-hybridized carbons (Fsp3) is 0.667. The quantitative estimate of drug-likeness (QED) is 0.290. The second-order valence-electron chi connectivity index (χ2n) is 8.30. The molecule has 26 heavy (non-hydrogen) atoms. The molecule has 5 heteroatoms. The predicted molar refractivity (Wildman–Crippen MR) is 110 cm³/mol. The molecular formula is C21H33ClO3S. The number of ether oxygens (including phenoxy) is 1. The summed E-state index contributed by atoms with van der Waals surface area (Å²) in [6.07, 6.45) is 4.00. The third-order valence-electron chi connectivity index (χ3n) is 4.31. The van der Waals surface area contributed by atoms with Gasteiger partial charge in [-0.2, -0.15) is 0 Å². The average molecular weight is 401 g/mol. The van der Waals surface area contributed by atoms with Gasteiger partial charge < -0.3 is 4.74 Å². The van der Waals surface area contributed by atoms with Crippen molar-refractivity contribution in [2.45, 2.75) is 88.9 Å². The molecule has 1 aromatic carbocycles. The fourth-order valence-electron chi connectivity index (χ4n) is 2.82. The largest absolute Gasteiger partial charge is 0.460 e. The second-order valence-corrected chi connectivity index (χ2v) is 10.5. The summed E-state index contributed by atoms with van der Waals surface area (Å²) in [5.41, 5.74) is -0.0231. The summed E-state index contributed by atoms with van der Waals surface area (Å²) in [6.45, 7) is 11.6. The summed E-state index contributed by atoms with van der Waals surface area (Å²) in [6, 6.07) is 7.56. The van der Waals surface area contributed by atoms with Crippen molar-refractivity contribution < 1.29 is 13.7 Å². The highest BCUT2D eigenvalue weighted by Crippen LogP contribution is 2.40. The highest BCUT2D eigenvalue weighted by molar-refractivity contribution is 7.87. The van der Waals surface area contributed by atoms with Crippen LogP contribution in [0.2, 0.25) is 0 Å². The molecule has 0 fully saturated rings. The van der Waals surface area contributed by atoms with E-state index in [1.165, 1.54) is 0 Å². The minimum atomic E-state index is -1.39. The van der Waals surface area contributed by atoms with Crippen LogP contribution in [0.15, 0.2) is 29.2 Å². The lowest BCUT2D eigenvalue weighted by atomic mass is 9.83. The van der Waals surface area contributed by atoms with Crippen LogP contribution in [0.4, 0.5) is 0 Å². The highest BCUT2D eigenvalue weighted by Gasteiger charge is 2.40. The molecule has 0 radical (unpaired) electrons. The molecule has 0 aliphatic carbocycles. The molecule has 3 nitrogen and oxygen atoms in total. The average Bonchev–Trinajstić information content (AvgIpc) is 2.52. The van der Waals surface area contributed by atoms with Crippen molar-refractivity contribution in [1.82, 2.24) is 0 Å². The van der Waals surface area contributed by atoms with Gasteiger partial charge in [0.2, 0.25) is 0 Å². The van der Waals surface area contributed by atoms with Crippen LogP contribution >= 0.6 is 11.6 Å². The Morgan fingerprint density at radius 1 is 1.15 bits per heavy atom. The first kappa shape index (κ1) is 23.2. The SMILES string of the molecule is CCCCCC(C)(CC(=O)OC(C)(C)C)C(Cl)S(=O)c1ccc(C)cc1. The molecule has 0 saturated heterocycles. The van der Waals surface area contributed by atoms with Gasteiger partial charge in [0.1, 0.15) is 10.3 Å². The van der Waals surface area contributed by atoms with Gasteiger partial charge in [0, 0.05) is 10.3 Å². The number of unbranched alkanes of at least 4 members (excludes halogenated alkanes) is 2. The number of rotatable bonds is 9. The van der Waals surface area contributed by atoms with Crippen molar-refractivity contribution in [2.24, 2.45) is 5.41 Å². The van der Waals surface area contributed by atoms with E-state index in [1.807, 2.05) is 58.9 Å². The van der Waals surface area contributed by atoms with E-state index in [4.69, 9.17) is 16.3 Å². The Labute approximate surface area is 166 Å². The zero-order chi connectivity index (χ0) is 20.0. The van der Waals surface area contributed by atoms with Gasteiger partial charge >= 0.3 is 5.97 Å². The van der Waals surface area contributed by atoms with E-state index in [9.17, 15) is 9.00 Å². The summed E-state index contributed by atoms with van der Waals surface area (Å²) in [7, 11) is -1.39. The molecule has 148 valence electrons. The van der Waals surface area contributed by atoms with Crippen molar-refractivity contribution in [1.29, 1.82) is 0 Å². The van der Waals surface area contributed by atoms with Crippen molar-refractivity contribution >= 4 is 28.4 Å². The van der Waals surface area contributed by atoms with Crippen LogP contribution in [0.1, 0.15) is 72.3 Å². The Morgan fingerprint density at radius 2 is 1.73 bits per heavy atom. The minimum Gasteiger partial charge on any atom is -0.460 e. The highest BCUT2D eigenvalue weighted by atomic mass is 35.5. The number of hydrogen-bond donors (Lipinski definition) is 0. The molecule has 0 amide bonds. The molecule has 0 saturated carbocycles. The first-order valence-corrected chi connectivity index (χ1v) is 11.0. The molecule has 3 unspecified atom stereocenters. The van der Waals surface area contributed by atoms with Crippen LogP contribution in [0.5, 0.6) is 0 Å². The number of aryl methyl sites for hydroxylation is 1. The smallest absolute Gasteiger partial charge is 0.306 e. The maximum absolute atomic E-state index is 13.0. The van der Waals surface area contributed by atoms with Gasteiger partial charge in [-0.15, -0.1) is 11.6 Å². The van der Waals surface area contributed by atoms with Crippen LogP contribution in [0.3, 0.4) is 0 Å². The maximum Gasteiger partial charge on any atom is 0.306 e. The normalized spacial score (nSPS) is 16.6. The van der Waals surface area contributed by atoms with Crippen molar-refractivity contribution in [3.05, 3.63) is 29.8 Å². The van der Waals surface area contributed by atoms with E-state index in [1.54, 1.807) is 0 Å². The molecule has 0 heterocycles. The zero-order valence-electron chi connectivity index (χ0n) is 16.9. The molecule has 1 rings (SSSR count). The van der Waals surface area contributed by atoms with Crippen molar-refractivity contribution in [2.75, 3.05) is 0 Å².